The Labute approximate surface area is 130 Å². The summed E-state index contributed by atoms with van der Waals surface area (Å²) in [6, 6.07) is 5.31. The number of aryl methyl sites for hydroxylation is 1. The molecule has 1 heterocycles. The van der Waals surface area contributed by atoms with Crippen molar-refractivity contribution >= 4 is 34.0 Å². The highest BCUT2D eigenvalue weighted by molar-refractivity contribution is 7.84. The second kappa shape index (κ2) is 6.70. The van der Waals surface area contributed by atoms with Crippen molar-refractivity contribution in [1.29, 1.82) is 0 Å². The molecule has 2 atom stereocenters. The zero-order valence-electron chi connectivity index (χ0n) is 11.2. The van der Waals surface area contributed by atoms with E-state index in [1.807, 2.05) is 19.9 Å². The molecule has 0 saturated carbocycles. The van der Waals surface area contributed by atoms with Gasteiger partial charge in [0.2, 0.25) is 0 Å². The van der Waals surface area contributed by atoms with Gasteiger partial charge in [-0.1, -0.05) is 36.2 Å². The van der Waals surface area contributed by atoms with Gasteiger partial charge < -0.3 is 0 Å². The SMILES string of the molecule is CCc1n[nH]c(C[S@@](=O)[C@H](C)c2ccc(Cl)c(Cl)c2)n1. The summed E-state index contributed by atoms with van der Waals surface area (Å²) >= 11 is 11.9. The fourth-order valence-electron chi connectivity index (χ4n) is 1.73. The highest BCUT2D eigenvalue weighted by atomic mass is 35.5. The maximum Gasteiger partial charge on any atom is 0.150 e. The number of H-pyrrole nitrogens is 1. The molecule has 0 aliphatic carbocycles. The molecule has 1 aromatic heterocycles. The second-order valence-electron chi connectivity index (χ2n) is 4.39. The summed E-state index contributed by atoms with van der Waals surface area (Å²) in [5, 5.41) is 7.67. The van der Waals surface area contributed by atoms with Gasteiger partial charge in [-0.3, -0.25) is 9.31 Å². The summed E-state index contributed by atoms with van der Waals surface area (Å²) in [6.07, 6.45) is 0.755. The summed E-state index contributed by atoms with van der Waals surface area (Å²) in [5.74, 6) is 1.72. The Balaban J connectivity index is 2.09. The first-order chi connectivity index (χ1) is 9.51. The Bertz CT molecular complexity index is 630. The Hall–Kier alpha value is -0.910. The number of nitrogens with one attached hydrogen (secondary N) is 1. The smallest absolute Gasteiger partial charge is 0.150 e. The van der Waals surface area contributed by atoms with Crippen LogP contribution in [0.4, 0.5) is 0 Å². The molecule has 0 radical (unpaired) electrons. The van der Waals surface area contributed by atoms with E-state index >= 15 is 0 Å². The summed E-state index contributed by atoms with van der Waals surface area (Å²) in [6.45, 7) is 3.87. The first-order valence-corrected chi connectivity index (χ1v) is 8.37. The molecule has 0 bridgehead atoms. The lowest BCUT2D eigenvalue weighted by Crippen LogP contribution is -2.06. The molecular formula is C13H15Cl2N3OS. The zero-order valence-corrected chi connectivity index (χ0v) is 13.5. The van der Waals surface area contributed by atoms with E-state index in [9.17, 15) is 4.21 Å². The molecule has 2 aromatic rings. The molecule has 0 saturated heterocycles. The highest BCUT2D eigenvalue weighted by Crippen LogP contribution is 2.28. The van der Waals surface area contributed by atoms with Crippen LogP contribution in [0.3, 0.4) is 0 Å². The Kier molecular flexibility index (Phi) is 5.18. The zero-order chi connectivity index (χ0) is 14.7. The highest BCUT2D eigenvalue weighted by Gasteiger charge is 2.17. The molecule has 0 aliphatic heterocycles. The lowest BCUT2D eigenvalue weighted by Gasteiger charge is -2.11. The summed E-state index contributed by atoms with van der Waals surface area (Å²) in [5.41, 5.74) is 0.896. The minimum absolute atomic E-state index is 0.153. The maximum absolute atomic E-state index is 12.4. The fraction of sp³-hybridized carbons (Fsp3) is 0.385. The third-order valence-electron chi connectivity index (χ3n) is 2.98. The van der Waals surface area contributed by atoms with E-state index in [1.54, 1.807) is 12.1 Å². The van der Waals surface area contributed by atoms with Crippen LogP contribution in [0, 0.1) is 0 Å². The van der Waals surface area contributed by atoms with Gasteiger partial charge in [-0.2, -0.15) is 5.10 Å². The van der Waals surface area contributed by atoms with Crippen LogP contribution in [0.1, 0.15) is 36.3 Å². The van der Waals surface area contributed by atoms with Gasteiger partial charge in [-0.25, -0.2) is 4.98 Å². The summed E-state index contributed by atoms with van der Waals surface area (Å²) < 4.78 is 12.4. The molecule has 0 spiro atoms. The van der Waals surface area contributed by atoms with Crippen molar-refractivity contribution in [2.75, 3.05) is 0 Å². The Morgan fingerprint density at radius 1 is 1.35 bits per heavy atom. The summed E-state index contributed by atoms with van der Waals surface area (Å²) in [7, 11) is -1.11. The lowest BCUT2D eigenvalue weighted by molar-refractivity contribution is 0.674. The average Bonchev–Trinajstić information content (AvgIpc) is 2.88. The topological polar surface area (TPSA) is 58.6 Å². The lowest BCUT2D eigenvalue weighted by atomic mass is 10.2. The number of hydrogen-bond acceptors (Lipinski definition) is 3. The van der Waals surface area contributed by atoms with E-state index in [0.717, 1.165) is 17.8 Å². The van der Waals surface area contributed by atoms with Gasteiger partial charge in [0.15, 0.2) is 0 Å². The predicted molar refractivity (Wildman–Crippen MR) is 82.5 cm³/mol. The van der Waals surface area contributed by atoms with Crippen molar-refractivity contribution in [3.63, 3.8) is 0 Å². The molecule has 20 heavy (non-hydrogen) atoms. The van der Waals surface area contributed by atoms with Gasteiger partial charge in [0.1, 0.15) is 11.6 Å². The van der Waals surface area contributed by atoms with Crippen molar-refractivity contribution in [1.82, 2.24) is 15.2 Å². The van der Waals surface area contributed by atoms with Crippen LogP contribution in [0.25, 0.3) is 0 Å². The molecule has 0 aliphatic rings. The van der Waals surface area contributed by atoms with E-state index in [1.165, 1.54) is 0 Å². The van der Waals surface area contributed by atoms with Crippen molar-refractivity contribution in [3.8, 4) is 0 Å². The van der Waals surface area contributed by atoms with Crippen LogP contribution >= 0.6 is 23.2 Å². The first-order valence-electron chi connectivity index (χ1n) is 6.23. The quantitative estimate of drug-likeness (QED) is 0.908. The van der Waals surface area contributed by atoms with E-state index in [2.05, 4.69) is 15.2 Å². The first kappa shape index (κ1) is 15.5. The van der Waals surface area contributed by atoms with Gasteiger partial charge >= 0.3 is 0 Å². The van der Waals surface area contributed by atoms with E-state index < -0.39 is 10.8 Å². The number of aromatic nitrogens is 3. The molecule has 1 N–H and O–H groups in total. The van der Waals surface area contributed by atoms with Gasteiger partial charge in [0, 0.05) is 17.2 Å². The fourth-order valence-corrected chi connectivity index (χ4v) is 3.14. The third kappa shape index (κ3) is 3.59. The molecule has 108 valence electrons. The number of nitrogens with zero attached hydrogens (tertiary/aromatic N) is 2. The van der Waals surface area contributed by atoms with Gasteiger partial charge in [-0.05, 0) is 24.6 Å². The van der Waals surface area contributed by atoms with Crippen molar-refractivity contribution in [2.24, 2.45) is 0 Å². The van der Waals surface area contributed by atoms with Crippen LogP contribution in [-0.4, -0.2) is 19.4 Å². The molecule has 4 nitrogen and oxygen atoms in total. The van der Waals surface area contributed by atoms with Crippen LogP contribution < -0.4 is 0 Å². The Morgan fingerprint density at radius 3 is 2.70 bits per heavy atom. The standard InChI is InChI=1S/C13H15Cl2N3OS/c1-3-12-16-13(18-17-12)7-20(19)8(2)9-4-5-10(14)11(15)6-9/h4-6,8H,3,7H2,1-2H3,(H,16,17,18)/t8-,20-/m1/s1. The van der Waals surface area contributed by atoms with Crippen molar-refractivity contribution in [2.45, 2.75) is 31.3 Å². The predicted octanol–water partition coefficient (Wildman–Crippen LogP) is 3.68. The van der Waals surface area contributed by atoms with Gasteiger partial charge in [0.25, 0.3) is 0 Å². The van der Waals surface area contributed by atoms with Crippen molar-refractivity contribution in [3.05, 3.63) is 45.5 Å². The monoisotopic (exact) mass is 331 g/mol. The third-order valence-corrected chi connectivity index (χ3v) is 5.34. The number of hydrogen-bond donors (Lipinski definition) is 1. The number of benzene rings is 1. The minimum Gasteiger partial charge on any atom is -0.262 e. The molecule has 2 rings (SSSR count). The van der Waals surface area contributed by atoms with Crippen LogP contribution in [0.2, 0.25) is 10.0 Å². The molecule has 1 aromatic carbocycles. The molecular weight excluding hydrogens is 317 g/mol. The van der Waals surface area contributed by atoms with E-state index in [-0.39, 0.29) is 5.25 Å². The van der Waals surface area contributed by atoms with Crippen LogP contribution in [0.15, 0.2) is 18.2 Å². The second-order valence-corrected chi connectivity index (χ2v) is 6.96. The largest absolute Gasteiger partial charge is 0.262 e. The molecule has 7 heteroatoms. The molecule has 0 unspecified atom stereocenters. The van der Waals surface area contributed by atoms with Crippen molar-refractivity contribution < 1.29 is 4.21 Å². The minimum atomic E-state index is -1.11. The van der Waals surface area contributed by atoms with Gasteiger partial charge in [0.05, 0.1) is 21.0 Å². The van der Waals surface area contributed by atoms with E-state index in [4.69, 9.17) is 23.2 Å². The molecule has 0 amide bonds. The van der Waals surface area contributed by atoms with Gasteiger partial charge in [-0.15, -0.1) is 0 Å². The van der Waals surface area contributed by atoms with Crippen LogP contribution in [0.5, 0.6) is 0 Å². The average molecular weight is 332 g/mol. The van der Waals surface area contributed by atoms with Crippen LogP contribution in [-0.2, 0) is 23.0 Å². The number of aromatic amines is 1. The van der Waals surface area contributed by atoms with E-state index in [0.29, 0.717) is 21.6 Å². The summed E-state index contributed by atoms with van der Waals surface area (Å²) in [4.78, 5) is 4.27. The molecule has 0 fully saturated rings. The normalized spacial score (nSPS) is 14.2. The number of rotatable bonds is 5. The maximum atomic E-state index is 12.4. The Morgan fingerprint density at radius 2 is 2.10 bits per heavy atom. The number of halogens is 2.